The third-order valence-corrected chi connectivity index (χ3v) is 13.9. The second-order valence-corrected chi connectivity index (χ2v) is 16.7. The molecule has 0 bridgehead atoms. The molecular formula is C51H32N2S2. The number of rotatable bonds is 3. The summed E-state index contributed by atoms with van der Waals surface area (Å²) in [5.74, 6) is 0. The zero-order valence-corrected chi connectivity index (χ0v) is 30.5. The summed E-state index contributed by atoms with van der Waals surface area (Å²) >= 11 is 3.74. The summed E-state index contributed by atoms with van der Waals surface area (Å²) in [6.45, 7) is 0. The lowest BCUT2D eigenvalue weighted by Gasteiger charge is -2.11. The van der Waals surface area contributed by atoms with E-state index in [1.54, 1.807) is 0 Å². The van der Waals surface area contributed by atoms with Crippen molar-refractivity contribution in [3.8, 4) is 22.5 Å². The zero-order valence-electron chi connectivity index (χ0n) is 28.9. The van der Waals surface area contributed by atoms with E-state index in [0.717, 1.165) is 0 Å². The zero-order chi connectivity index (χ0) is 35.1. The molecule has 9 aromatic carbocycles. The van der Waals surface area contributed by atoms with Crippen LogP contribution < -0.4 is 0 Å². The van der Waals surface area contributed by atoms with Crippen molar-refractivity contribution < 1.29 is 0 Å². The quantitative estimate of drug-likeness (QED) is 0.160. The minimum absolute atomic E-state index is 0. The minimum atomic E-state index is 0. The highest BCUT2D eigenvalue weighted by Crippen LogP contribution is 2.44. The van der Waals surface area contributed by atoms with Crippen molar-refractivity contribution in [1.82, 2.24) is 9.13 Å². The fourth-order valence-corrected chi connectivity index (χ4v) is 11.4. The van der Waals surface area contributed by atoms with E-state index in [9.17, 15) is 0 Å². The second kappa shape index (κ2) is 11.3. The largest absolute Gasteiger partial charge is 0.309 e. The Labute approximate surface area is 324 Å². The molecule has 0 aliphatic carbocycles. The Morgan fingerprint density at radius 2 is 0.873 bits per heavy atom. The SMILES string of the molecule is C.c1ccc2c(c1)sc1ccc(-n3c4ccccc4c4cc(-c5cc6ccc7cccc8c7c6c(c5)n8-c5ccc6sc7ccccc7c6c5)ccc43)cc12. The van der Waals surface area contributed by atoms with Crippen molar-refractivity contribution in [3.63, 3.8) is 0 Å². The molecule has 0 radical (unpaired) electrons. The van der Waals surface area contributed by atoms with Gasteiger partial charge in [-0.15, -0.1) is 22.7 Å². The third kappa shape index (κ3) is 4.24. The van der Waals surface area contributed by atoms with Gasteiger partial charge in [0.15, 0.2) is 0 Å². The predicted molar refractivity (Wildman–Crippen MR) is 242 cm³/mol. The summed E-state index contributed by atoms with van der Waals surface area (Å²) in [6.07, 6.45) is 0. The molecule has 55 heavy (non-hydrogen) atoms. The van der Waals surface area contributed by atoms with Gasteiger partial charge in [-0.3, -0.25) is 0 Å². The van der Waals surface area contributed by atoms with Crippen LogP contribution in [0.5, 0.6) is 0 Å². The molecule has 13 aromatic rings. The lowest BCUT2D eigenvalue weighted by molar-refractivity contribution is 1.19. The van der Waals surface area contributed by atoms with E-state index in [1.165, 1.54) is 117 Å². The Morgan fingerprint density at radius 3 is 1.60 bits per heavy atom. The number of hydrogen-bond acceptors (Lipinski definition) is 2. The van der Waals surface area contributed by atoms with E-state index in [-0.39, 0.29) is 7.43 Å². The smallest absolute Gasteiger partial charge is 0.0553 e. The first-order chi connectivity index (χ1) is 26.7. The molecule has 0 atom stereocenters. The Morgan fingerprint density at radius 1 is 0.309 bits per heavy atom. The van der Waals surface area contributed by atoms with E-state index >= 15 is 0 Å². The molecule has 13 rings (SSSR count). The maximum absolute atomic E-state index is 2.49. The van der Waals surface area contributed by atoms with Gasteiger partial charge in [-0.05, 0) is 107 Å². The Kier molecular flexibility index (Phi) is 6.35. The van der Waals surface area contributed by atoms with E-state index in [4.69, 9.17) is 0 Å². The Balaban J connectivity index is 0.00000335. The normalized spacial score (nSPS) is 12.2. The van der Waals surface area contributed by atoms with Crippen LogP contribution in [0.3, 0.4) is 0 Å². The van der Waals surface area contributed by atoms with E-state index < -0.39 is 0 Å². The van der Waals surface area contributed by atoms with Crippen LogP contribution in [0.4, 0.5) is 0 Å². The van der Waals surface area contributed by atoms with Gasteiger partial charge in [-0.25, -0.2) is 0 Å². The van der Waals surface area contributed by atoms with Crippen LogP contribution in [0.15, 0.2) is 170 Å². The Hall–Kier alpha value is -6.46. The molecule has 2 nitrogen and oxygen atoms in total. The van der Waals surface area contributed by atoms with Crippen molar-refractivity contribution in [2.24, 2.45) is 0 Å². The van der Waals surface area contributed by atoms with Crippen molar-refractivity contribution in [2.45, 2.75) is 7.43 Å². The van der Waals surface area contributed by atoms with Crippen LogP contribution in [0.25, 0.3) is 117 Å². The van der Waals surface area contributed by atoms with Gasteiger partial charge in [-0.1, -0.05) is 92.4 Å². The number of aromatic nitrogens is 2. The molecule has 258 valence electrons. The standard InChI is InChI=1S/C50H28N2S2.CH4/c1-4-12-41-35(9-1)38-25-30(18-21-42(38)51(41)33-19-22-47-39(27-33)36-10-2-5-14-45(36)53-47)32-24-31-17-16-29-8-7-13-43-49(29)50(31)44(26-32)52(43)34-20-23-48-40(28-34)37-11-3-6-15-46(37)54-48;/h1-28H;1H4. The number of fused-ring (bicyclic) bond motifs is 9. The van der Waals surface area contributed by atoms with Gasteiger partial charge in [-0.2, -0.15) is 0 Å². The topological polar surface area (TPSA) is 9.86 Å². The van der Waals surface area contributed by atoms with E-state index in [0.29, 0.717) is 0 Å². The van der Waals surface area contributed by atoms with Crippen LogP contribution in [-0.4, -0.2) is 9.13 Å². The van der Waals surface area contributed by atoms with Gasteiger partial charge < -0.3 is 9.13 Å². The maximum Gasteiger partial charge on any atom is 0.0553 e. The molecule has 0 unspecified atom stereocenters. The number of benzene rings is 9. The fraction of sp³-hybridized carbons (Fsp3) is 0.0196. The summed E-state index contributed by atoms with van der Waals surface area (Å²) < 4.78 is 10.2. The number of hydrogen-bond donors (Lipinski definition) is 0. The highest BCUT2D eigenvalue weighted by molar-refractivity contribution is 7.26. The maximum atomic E-state index is 2.49. The van der Waals surface area contributed by atoms with Crippen LogP contribution in [-0.2, 0) is 0 Å². The summed E-state index contributed by atoms with van der Waals surface area (Å²) in [7, 11) is 0. The average Bonchev–Trinajstić information content (AvgIpc) is 3.97. The van der Waals surface area contributed by atoms with Crippen molar-refractivity contribution in [3.05, 3.63) is 170 Å². The molecule has 0 amide bonds. The van der Waals surface area contributed by atoms with Gasteiger partial charge in [0.2, 0.25) is 0 Å². The van der Waals surface area contributed by atoms with Crippen LogP contribution in [0, 0.1) is 0 Å². The summed E-state index contributed by atoms with van der Waals surface area (Å²) in [5.41, 5.74) is 9.76. The highest BCUT2D eigenvalue weighted by atomic mass is 32.1. The minimum Gasteiger partial charge on any atom is -0.309 e. The fourth-order valence-electron chi connectivity index (χ4n) is 9.28. The van der Waals surface area contributed by atoms with Crippen LogP contribution in [0.1, 0.15) is 7.43 Å². The second-order valence-electron chi connectivity index (χ2n) is 14.5. The first kappa shape index (κ1) is 30.9. The lowest BCUT2D eigenvalue weighted by Crippen LogP contribution is -1.94. The average molecular weight is 737 g/mol. The van der Waals surface area contributed by atoms with Crippen molar-refractivity contribution in [2.75, 3.05) is 0 Å². The molecule has 4 heterocycles. The molecular weight excluding hydrogens is 705 g/mol. The number of para-hydroxylation sites is 1. The van der Waals surface area contributed by atoms with Crippen LogP contribution in [0.2, 0.25) is 0 Å². The first-order valence-electron chi connectivity index (χ1n) is 18.4. The summed E-state index contributed by atoms with van der Waals surface area (Å²) in [6, 6.07) is 63.6. The number of thiophene rings is 2. The van der Waals surface area contributed by atoms with Gasteiger partial charge >= 0.3 is 0 Å². The van der Waals surface area contributed by atoms with E-state index in [2.05, 4.69) is 179 Å². The van der Waals surface area contributed by atoms with Crippen molar-refractivity contribution >= 4 is 117 Å². The highest BCUT2D eigenvalue weighted by Gasteiger charge is 2.20. The molecule has 0 aliphatic rings. The van der Waals surface area contributed by atoms with Crippen LogP contribution >= 0.6 is 22.7 Å². The van der Waals surface area contributed by atoms with Gasteiger partial charge in [0.25, 0.3) is 0 Å². The molecule has 4 heteroatoms. The molecule has 0 N–H and O–H groups in total. The monoisotopic (exact) mass is 736 g/mol. The molecule has 4 aromatic heterocycles. The lowest BCUT2D eigenvalue weighted by atomic mass is 9.96. The summed E-state index contributed by atoms with van der Waals surface area (Å²) in [5, 5.41) is 13.0. The molecule has 0 saturated carbocycles. The third-order valence-electron chi connectivity index (χ3n) is 11.6. The predicted octanol–water partition coefficient (Wildman–Crippen LogP) is 15.5. The Bertz CT molecular complexity index is 3680. The molecule has 0 spiro atoms. The van der Waals surface area contributed by atoms with Crippen molar-refractivity contribution in [1.29, 1.82) is 0 Å². The first-order valence-corrected chi connectivity index (χ1v) is 20.0. The van der Waals surface area contributed by atoms with Gasteiger partial charge in [0.05, 0.1) is 22.1 Å². The van der Waals surface area contributed by atoms with E-state index in [1.807, 2.05) is 22.7 Å². The molecule has 0 fully saturated rings. The number of nitrogens with zero attached hydrogens (tertiary/aromatic N) is 2. The molecule has 0 saturated heterocycles. The van der Waals surface area contributed by atoms with Gasteiger partial charge in [0.1, 0.15) is 0 Å². The molecule has 0 aliphatic heterocycles. The summed E-state index contributed by atoms with van der Waals surface area (Å²) in [4.78, 5) is 0. The van der Waals surface area contributed by atoms with Gasteiger partial charge in [0, 0.05) is 73.3 Å².